The summed E-state index contributed by atoms with van der Waals surface area (Å²) in [5.74, 6) is 0. The fourth-order valence-electron chi connectivity index (χ4n) is 0.483. The highest BCUT2D eigenvalue weighted by Gasteiger charge is 2.05. The zero-order valence-electron chi connectivity index (χ0n) is 6.95. The van der Waals surface area contributed by atoms with Gasteiger partial charge in [0, 0.05) is 13.3 Å². The molecule has 0 bridgehead atoms. The van der Waals surface area contributed by atoms with Gasteiger partial charge in [-0.3, -0.25) is 4.57 Å². The lowest BCUT2D eigenvalue weighted by molar-refractivity contribution is 0.0715. The predicted molar refractivity (Wildman–Crippen MR) is 43.3 cm³/mol. The van der Waals surface area contributed by atoms with Gasteiger partial charge in [-0.2, -0.15) is 0 Å². The first-order valence-corrected chi connectivity index (χ1v) is 5.96. The molecule has 0 atom stereocenters. The quantitative estimate of drug-likeness (QED) is 0.481. The van der Waals surface area contributed by atoms with Crippen molar-refractivity contribution in [1.82, 2.24) is 0 Å². The first kappa shape index (κ1) is 11.1. The molecule has 0 spiro atoms. The van der Waals surface area contributed by atoms with Crippen molar-refractivity contribution in [1.29, 1.82) is 0 Å². The fourth-order valence-corrected chi connectivity index (χ4v) is 0.997. The van der Waals surface area contributed by atoms with Crippen LogP contribution >= 0.6 is 7.37 Å². The van der Waals surface area contributed by atoms with Crippen molar-refractivity contribution >= 4 is 7.37 Å². The van der Waals surface area contributed by atoms with Crippen LogP contribution in [0.2, 0.25) is 0 Å². The van der Waals surface area contributed by atoms with Gasteiger partial charge in [-0.25, -0.2) is 0 Å². The van der Waals surface area contributed by atoms with Crippen LogP contribution in [0.25, 0.3) is 0 Å². The van der Waals surface area contributed by atoms with E-state index in [4.69, 9.17) is 14.4 Å². The second-order valence-corrected chi connectivity index (χ2v) is 5.18. The minimum atomic E-state index is -2.36. The van der Waals surface area contributed by atoms with E-state index in [1.54, 1.807) is 13.3 Å². The Morgan fingerprint density at radius 2 is 1.91 bits per heavy atom. The van der Waals surface area contributed by atoms with Crippen molar-refractivity contribution in [2.24, 2.45) is 0 Å². The molecule has 0 aliphatic carbocycles. The van der Waals surface area contributed by atoms with Crippen LogP contribution in [-0.2, 0) is 13.8 Å². The summed E-state index contributed by atoms with van der Waals surface area (Å²) in [7, 11) is -2.36. The Morgan fingerprint density at radius 1 is 1.27 bits per heavy atom. The molecule has 0 aromatic carbocycles. The van der Waals surface area contributed by atoms with Crippen LogP contribution in [0, 0.1) is 0 Å². The third-order valence-electron chi connectivity index (χ3n) is 0.865. The molecule has 0 aromatic rings. The maximum Gasteiger partial charge on any atom is 0.197 e. The lowest BCUT2D eigenvalue weighted by Crippen LogP contribution is -2.05. The number of aliphatic hydroxyl groups excluding tert-OH is 1. The van der Waals surface area contributed by atoms with E-state index in [1.807, 2.05) is 0 Å². The third-order valence-corrected chi connectivity index (χ3v) is 1.67. The molecule has 5 heteroatoms. The Balaban J connectivity index is 3.09. The predicted octanol–water partition coefficient (Wildman–Crippen LogP) is 0.550. The van der Waals surface area contributed by atoms with Gasteiger partial charge >= 0.3 is 0 Å². The summed E-state index contributed by atoms with van der Waals surface area (Å²) < 4.78 is 20.7. The number of rotatable bonds is 6. The van der Waals surface area contributed by atoms with Crippen LogP contribution in [0.1, 0.15) is 0 Å². The smallest absolute Gasteiger partial charge is 0.197 e. The molecule has 0 rings (SSSR count). The Bertz CT molecular complexity index is 131. The van der Waals surface area contributed by atoms with E-state index < -0.39 is 7.37 Å². The SMILES string of the molecule is CP(C)(=O)OCCOCCO. The molecule has 0 amide bonds. The van der Waals surface area contributed by atoms with Gasteiger partial charge < -0.3 is 14.4 Å². The van der Waals surface area contributed by atoms with Crippen LogP contribution < -0.4 is 0 Å². The summed E-state index contributed by atoms with van der Waals surface area (Å²) in [5.41, 5.74) is 0. The minimum absolute atomic E-state index is 0.00983. The molecule has 1 N–H and O–H groups in total. The lowest BCUT2D eigenvalue weighted by Gasteiger charge is -2.07. The van der Waals surface area contributed by atoms with Gasteiger partial charge in [-0.15, -0.1) is 0 Å². The number of hydrogen-bond donors (Lipinski definition) is 1. The van der Waals surface area contributed by atoms with E-state index in [2.05, 4.69) is 0 Å². The first-order chi connectivity index (χ1) is 5.06. The highest BCUT2D eigenvalue weighted by atomic mass is 31.2. The standard InChI is InChI=1S/C6H15O4P/c1-11(2,8)10-6-5-9-4-3-7/h7H,3-6H2,1-2H3. The molecule has 0 heterocycles. The third kappa shape index (κ3) is 10.1. The highest BCUT2D eigenvalue weighted by molar-refractivity contribution is 7.57. The van der Waals surface area contributed by atoms with Crippen LogP contribution in [0.3, 0.4) is 0 Å². The molecule has 0 saturated carbocycles. The normalized spacial score (nSPS) is 11.9. The Labute approximate surface area is 67.0 Å². The first-order valence-electron chi connectivity index (χ1n) is 3.44. The van der Waals surface area contributed by atoms with Gasteiger partial charge in [0.25, 0.3) is 0 Å². The molecule has 68 valence electrons. The Kier molecular flexibility index (Phi) is 5.78. The molecule has 0 radical (unpaired) electrons. The van der Waals surface area contributed by atoms with Gasteiger partial charge in [0.2, 0.25) is 0 Å². The Morgan fingerprint density at radius 3 is 2.36 bits per heavy atom. The van der Waals surface area contributed by atoms with Crippen molar-refractivity contribution in [2.45, 2.75) is 0 Å². The second kappa shape index (κ2) is 5.72. The Hall–Kier alpha value is 0.110. The number of hydrogen-bond acceptors (Lipinski definition) is 4. The summed E-state index contributed by atoms with van der Waals surface area (Å²) in [4.78, 5) is 0. The molecule has 0 aliphatic heterocycles. The van der Waals surface area contributed by atoms with Gasteiger partial charge in [-0.05, 0) is 0 Å². The van der Waals surface area contributed by atoms with Gasteiger partial charge in [0.05, 0.1) is 26.4 Å². The van der Waals surface area contributed by atoms with E-state index in [1.165, 1.54) is 0 Å². The van der Waals surface area contributed by atoms with Gasteiger partial charge in [-0.1, -0.05) is 0 Å². The second-order valence-electron chi connectivity index (χ2n) is 2.42. The van der Waals surface area contributed by atoms with Crippen LogP contribution in [0.15, 0.2) is 0 Å². The summed E-state index contributed by atoms with van der Waals surface area (Å²) >= 11 is 0. The van der Waals surface area contributed by atoms with Gasteiger partial charge in [0.1, 0.15) is 0 Å². The average Bonchev–Trinajstić information content (AvgIpc) is 1.85. The van der Waals surface area contributed by atoms with E-state index in [9.17, 15) is 4.57 Å². The zero-order chi connectivity index (χ0) is 8.74. The number of ether oxygens (including phenoxy) is 1. The van der Waals surface area contributed by atoms with Crippen LogP contribution in [0.5, 0.6) is 0 Å². The molecule has 11 heavy (non-hydrogen) atoms. The summed E-state index contributed by atoms with van der Waals surface area (Å²) in [6.07, 6.45) is 0. The maximum absolute atomic E-state index is 10.9. The van der Waals surface area contributed by atoms with E-state index >= 15 is 0 Å². The molecule has 0 unspecified atom stereocenters. The average molecular weight is 182 g/mol. The fraction of sp³-hybridized carbons (Fsp3) is 1.00. The largest absolute Gasteiger partial charge is 0.394 e. The van der Waals surface area contributed by atoms with Crippen LogP contribution in [-0.4, -0.2) is 44.9 Å². The molecule has 0 aliphatic rings. The van der Waals surface area contributed by atoms with Crippen molar-refractivity contribution in [3.05, 3.63) is 0 Å². The monoisotopic (exact) mass is 182 g/mol. The van der Waals surface area contributed by atoms with Crippen molar-refractivity contribution in [3.8, 4) is 0 Å². The van der Waals surface area contributed by atoms with E-state index in [-0.39, 0.29) is 6.61 Å². The topological polar surface area (TPSA) is 55.8 Å². The van der Waals surface area contributed by atoms with Gasteiger partial charge in [0.15, 0.2) is 7.37 Å². The number of aliphatic hydroxyl groups is 1. The van der Waals surface area contributed by atoms with Crippen molar-refractivity contribution in [2.75, 3.05) is 39.8 Å². The molecular formula is C6H15O4P. The molecule has 0 fully saturated rings. The van der Waals surface area contributed by atoms with E-state index in [0.29, 0.717) is 19.8 Å². The van der Waals surface area contributed by atoms with Crippen molar-refractivity contribution < 1.29 is 18.9 Å². The summed E-state index contributed by atoms with van der Waals surface area (Å²) in [6.45, 7) is 4.13. The molecule has 0 saturated heterocycles. The summed E-state index contributed by atoms with van der Waals surface area (Å²) in [5, 5.41) is 8.30. The highest BCUT2D eigenvalue weighted by Crippen LogP contribution is 2.36. The molecule has 4 nitrogen and oxygen atoms in total. The lowest BCUT2D eigenvalue weighted by atomic mass is 10.7. The molecular weight excluding hydrogens is 167 g/mol. The van der Waals surface area contributed by atoms with Crippen molar-refractivity contribution in [3.63, 3.8) is 0 Å². The van der Waals surface area contributed by atoms with Crippen LogP contribution in [0.4, 0.5) is 0 Å². The minimum Gasteiger partial charge on any atom is -0.394 e. The maximum atomic E-state index is 10.9. The zero-order valence-corrected chi connectivity index (χ0v) is 7.84. The van der Waals surface area contributed by atoms with E-state index in [0.717, 1.165) is 0 Å². The summed E-state index contributed by atoms with van der Waals surface area (Å²) in [6, 6.07) is 0. The molecule has 0 aromatic heterocycles.